The second-order valence-electron chi connectivity index (χ2n) is 2.52. The Morgan fingerprint density at radius 1 is 1.64 bits per heavy atom. The van der Waals surface area contributed by atoms with Gasteiger partial charge < -0.3 is 10.2 Å². The first kappa shape index (κ1) is 10.2. The maximum Gasteiger partial charge on any atom is 0.0299 e. The van der Waals surface area contributed by atoms with E-state index in [1.807, 2.05) is 33.2 Å². The van der Waals surface area contributed by atoms with Gasteiger partial charge in [-0.2, -0.15) is 0 Å². The third-order valence-electron chi connectivity index (χ3n) is 1.55. The van der Waals surface area contributed by atoms with E-state index in [0.29, 0.717) is 0 Å². The third kappa shape index (κ3) is 4.62. The van der Waals surface area contributed by atoms with Crippen molar-refractivity contribution >= 4 is 0 Å². The lowest BCUT2D eigenvalue weighted by atomic mass is 10.4. The summed E-state index contributed by atoms with van der Waals surface area (Å²) in [6, 6.07) is 0. The lowest BCUT2D eigenvalue weighted by Crippen LogP contribution is -2.25. The number of hydrogen-bond acceptors (Lipinski definition) is 2. The Bertz CT molecular complexity index is 138. The van der Waals surface area contributed by atoms with Crippen molar-refractivity contribution in [2.45, 2.75) is 6.92 Å². The molecule has 0 aliphatic carbocycles. The lowest BCUT2D eigenvalue weighted by Gasteiger charge is -2.18. The predicted octanol–water partition coefficient (Wildman–Crippen LogP) is 1.23. The van der Waals surface area contributed by atoms with E-state index >= 15 is 0 Å². The first-order chi connectivity index (χ1) is 5.22. The van der Waals surface area contributed by atoms with Crippen LogP contribution < -0.4 is 5.32 Å². The molecule has 0 saturated heterocycles. The number of nitrogens with zero attached hydrogens (tertiary/aromatic N) is 1. The van der Waals surface area contributed by atoms with Gasteiger partial charge >= 0.3 is 0 Å². The molecule has 0 heterocycles. The molecule has 0 saturated carbocycles. The van der Waals surface area contributed by atoms with Crippen LogP contribution in [0.15, 0.2) is 24.4 Å². The van der Waals surface area contributed by atoms with Gasteiger partial charge in [0.15, 0.2) is 0 Å². The Morgan fingerprint density at radius 2 is 2.27 bits per heavy atom. The molecule has 2 heteroatoms. The maximum atomic E-state index is 3.91. The highest BCUT2D eigenvalue weighted by Crippen LogP contribution is 1.97. The van der Waals surface area contributed by atoms with Gasteiger partial charge in [-0.1, -0.05) is 12.7 Å². The summed E-state index contributed by atoms with van der Waals surface area (Å²) < 4.78 is 0. The standard InChI is InChI=1S/C9H18N2/c1-5-6-9(2)11(4)8-7-10-3/h5-6,10H,2,7-8H2,1,3-4H3/b6-5-. The number of hydrogen-bond donors (Lipinski definition) is 1. The van der Waals surface area contributed by atoms with Crippen LogP contribution in [0.1, 0.15) is 6.92 Å². The van der Waals surface area contributed by atoms with Gasteiger partial charge in [0.1, 0.15) is 0 Å². The molecule has 0 amide bonds. The van der Waals surface area contributed by atoms with E-state index in [0.717, 1.165) is 18.8 Å². The lowest BCUT2D eigenvalue weighted by molar-refractivity contribution is 0.429. The van der Waals surface area contributed by atoms with Gasteiger partial charge in [-0.15, -0.1) is 0 Å². The van der Waals surface area contributed by atoms with Crippen LogP contribution in [-0.4, -0.2) is 32.1 Å². The van der Waals surface area contributed by atoms with Crippen LogP contribution in [0.3, 0.4) is 0 Å². The summed E-state index contributed by atoms with van der Waals surface area (Å²) in [4.78, 5) is 2.12. The Balaban J connectivity index is 3.64. The monoisotopic (exact) mass is 154 g/mol. The van der Waals surface area contributed by atoms with Crippen molar-refractivity contribution in [1.82, 2.24) is 10.2 Å². The van der Waals surface area contributed by atoms with Gasteiger partial charge in [0.2, 0.25) is 0 Å². The van der Waals surface area contributed by atoms with Crippen molar-refractivity contribution in [2.75, 3.05) is 27.2 Å². The number of allylic oxidation sites excluding steroid dienone is 2. The van der Waals surface area contributed by atoms with Crippen molar-refractivity contribution < 1.29 is 0 Å². The van der Waals surface area contributed by atoms with Gasteiger partial charge in [0.25, 0.3) is 0 Å². The molecule has 0 aliphatic rings. The molecule has 0 rings (SSSR count). The van der Waals surface area contributed by atoms with Crippen LogP contribution in [0.2, 0.25) is 0 Å². The van der Waals surface area contributed by atoms with E-state index in [-0.39, 0.29) is 0 Å². The quantitative estimate of drug-likeness (QED) is 0.599. The topological polar surface area (TPSA) is 15.3 Å². The second-order valence-corrected chi connectivity index (χ2v) is 2.52. The Morgan fingerprint density at radius 3 is 2.73 bits per heavy atom. The van der Waals surface area contributed by atoms with Crippen molar-refractivity contribution in [2.24, 2.45) is 0 Å². The van der Waals surface area contributed by atoms with E-state index in [2.05, 4.69) is 16.8 Å². The summed E-state index contributed by atoms with van der Waals surface area (Å²) in [5.41, 5.74) is 1.06. The minimum absolute atomic E-state index is 0.993. The van der Waals surface area contributed by atoms with Crippen LogP contribution in [0, 0.1) is 0 Å². The molecule has 0 atom stereocenters. The van der Waals surface area contributed by atoms with E-state index < -0.39 is 0 Å². The molecule has 0 aromatic carbocycles. The van der Waals surface area contributed by atoms with Gasteiger partial charge in [0, 0.05) is 25.8 Å². The summed E-state index contributed by atoms with van der Waals surface area (Å²) in [6.45, 7) is 7.90. The Hall–Kier alpha value is -0.760. The second kappa shape index (κ2) is 5.98. The predicted molar refractivity (Wildman–Crippen MR) is 50.5 cm³/mol. The molecule has 1 N–H and O–H groups in total. The molecule has 0 unspecified atom stereocenters. The average Bonchev–Trinajstić information content (AvgIpc) is 2.00. The van der Waals surface area contributed by atoms with Crippen molar-refractivity contribution in [3.63, 3.8) is 0 Å². The zero-order valence-electron chi connectivity index (χ0n) is 7.72. The fraction of sp³-hybridized carbons (Fsp3) is 0.556. The van der Waals surface area contributed by atoms with Gasteiger partial charge in [-0.25, -0.2) is 0 Å². The minimum Gasteiger partial charge on any atom is -0.374 e. The average molecular weight is 154 g/mol. The van der Waals surface area contributed by atoms with Crippen molar-refractivity contribution in [3.05, 3.63) is 24.4 Å². The fourth-order valence-electron chi connectivity index (χ4n) is 0.743. The van der Waals surface area contributed by atoms with Gasteiger partial charge in [-0.3, -0.25) is 0 Å². The molecule has 0 bridgehead atoms. The molecule has 0 spiro atoms. The zero-order valence-corrected chi connectivity index (χ0v) is 7.72. The SMILES string of the molecule is C=C(/C=C\C)N(C)CCNC. The van der Waals surface area contributed by atoms with Crippen LogP contribution in [0.5, 0.6) is 0 Å². The molecule has 0 aromatic heterocycles. The normalized spacial score (nSPS) is 10.5. The first-order valence-corrected chi connectivity index (χ1v) is 3.89. The minimum atomic E-state index is 0.993. The first-order valence-electron chi connectivity index (χ1n) is 3.89. The van der Waals surface area contributed by atoms with Gasteiger partial charge in [0.05, 0.1) is 0 Å². The molecule has 0 fully saturated rings. The number of likely N-dealkylation sites (N-methyl/N-ethyl adjacent to an activating group) is 2. The molecule has 64 valence electrons. The summed E-state index contributed by atoms with van der Waals surface area (Å²) in [5.74, 6) is 0. The maximum absolute atomic E-state index is 3.91. The summed E-state index contributed by atoms with van der Waals surface area (Å²) in [7, 11) is 3.99. The zero-order chi connectivity index (χ0) is 8.69. The largest absolute Gasteiger partial charge is 0.374 e. The van der Waals surface area contributed by atoms with Crippen LogP contribution in [-0.2, 0) is 0 Å². The Kier molecular flexibility index (Phi) is 5.57. The van der Waals surface area contributed by atoms with Crippen molar-refractivity contribution in [3.8, 4) is 0 Å². The molecule has 0 aliphatic heterocycles. The third-order valence-corrected chi connectivity index (χ3v) is 1.55. The smallest absolute Gasteiger partial charge is 0.0299 e. The molecular formula is C9H18N2. The molecule has 2 nitrogen and oxygen atoms in total. The van der Waals surface area contributed by atoms with Crippen LogP contribution in [0.25, 0.3) is 0 Å². The highest BCUT2D eigenvalue weighted by molar-refractivity contribution is 5.11. The van der Waals surface area contributed by atoms with E-state index in [1.165, 1.54) is 0 Å². The summed E-state index contributed by atoms with van der Waals surface area (Å²) in [6.07, 6.45) is 4.01. The van der Waals surface area contributed by atoms with E-state index in [9.17, 15) is 0 Å². The highest BCUT2D eigenvalue weighted by atomic mass is 15.1. The highest BCUT2D eigenvalue weighted by Gasteiger charge is 1.95. The molecular weight excluding hydrogens is 136 g/mol. The van der Waals surface area contributed by atoms with E-state index in [1.54, 1.807) is 0 Å². The van der Waals surface area contributed by atoms with E-state index in [4.69, 9.17) is 0 Å². The molecule has 0 aromatic rings. The summed E-state index contributed by atoms with van der Waals surface area (Å²) >= 11 is 0. The molecule has 0 radical (unpaired) electrons. The summed E-state index contributed by atoms with van der Waals surface area (Å²) in [5, 5.41) is 3.09. The van der Waals surface area contributed by atoms with Crippen molar-refractivity contribution in [1.29, 1.82) is 0 Å². The Labute approximate surface area is 69.6 Å². The fourth-order valence-corrected chi connectivity index (χ4v) is 0.743. The number of rotatable bonds is 5. The van der Waals surface area contributed by atoms with Crippen LogP contribution >= 0.6 is 0 Å². The number of nitrogens with one attached hydrogen (secondary N) is 1. The van der Waals surface area contributed by atoms with Gasteiger partial charge in [-0.05, 0) is 20.0 Å². The van der Waals surface area contributed by atoms with Crippen LogP contribution in [0.4, 0.5) is 0 Å². The molecule has 11 heavy (non-hydrogen) atoms.